The van der Waals surface area contributed by atoms with Crippen LogP contribution in [0.15, 0.2) is 36.4 Å². The fraction of sp³-hybridized carbons (Fsp3) is 0.471. The molecule has 0 bridgehead atoms. The van der Waals surface area contributed by atoms with Gasteiger partial charge in [-0.15, -0.1) is 0 Å². The summed E-state index contributed by atoms with van der Waals surface area (Å²) in [5.74, 6) is 0.212. The second kappa shape index (κ2) is 7.25. The lowest BCUT2D eigenvalue weighted by molar-refractivity contribution is -0.135. The first-order chi connectivity index (χ1) is 9.76. The Hall–Kier alpha value is -1.61. The van der Waals surface area contributed by atoms with E-state index in [2.05, 4.69) is 37.3 Å². The lowest BCUT2D eigenvalue weighted by atomic mass is 9.97. The summed E-state index contributed by atoms with van der Waals surface area (Å²) in [6, 6.07) is 10.4. The van der Waals surface area contributed by atoms with Crippen LogP contribution in [0.2, 0.25) is 0 Å². The van der Waals surface area contributed by atoms with E-state index in [-0.39, 0.29) is 11.8 Å². The summed E-state index contributed by atoms with van der Waals surface area (Å²) >= 11 is 0. The van der Waals surface area contributed by atoms with Gasteiger partial charge in [0.05, 0.1) is 5.92 Å². The molecule has 3 nitrogen and oxygen atoms in total. The van der Waals surface area contributed by atoms with Crippen LogP contribution in [0.25, 0.3) is 5.57 Å². The third kappa shape index (κ3) is 3.48. The van der Waals surface area contributed by atoms with Gasteiger partial charge < -0.3 is 10.6 Å². The van der Waals surface area contributed by atoms with Gasteiger partial charge in [-0.1, -0.05) is 49.8 Å². The molecular formula is C17H24N2O. The molecule has 0 aromatic heterocycles. The summed E-state index contributed by atoms with van der Waals surface area (Å²) in [6.45, 7) is 4.07. The first-order valence-electron chi connectivity index (χ1n) is 7.49. The normalized spacial score (nSPS) is 16.7. The number of nitrogens with two attached hydrogens (primary N) is 1. The number of hydrogen-bond acceptors (Lipinski definition) is 2. The average Bonchev–Trinajstić information content (AvgIpc) is 2.53. The van der Waals surface area contributed by atoms with Gasteiger partial charge in [-0.2, -0.15) is 0 Å². The maximum atomic E-state index is 12.4. The van der Waals surface area contributed by atoms with Crippen LogP contribution in [0.3, 0.4) is 0 Å². The van der Waals surface area contributed by atoms with Gasteiger partial charge in [0.1, 0.15) is 0 Å². The molecule has 0 spiro atoms. The number of carbonyl (C=O) groups is 1. The number of hydrogen-bond donors (Lipinski definition) is 1. The third-order valence-electron chi connectivity index (χ3n) is 3.94. The minimum atomic E-state index is -0.00771. The molecule has 2 rings (SSSR count). The topological polar surface area (TPSA) is 46.3 Å². The summed E-state index contributed by atoms with van der Waals surface area (Å²) in [7, 11) is 0. The number of nitrogens with zero attached hydrogens (tertiary/aromatic N) is 1. The molecule has 1 atom stereocenters. The standard InChI is InChI=1S/C17H24N2O/c1-2-6-16(13-18)17(20)19-11-9-15(10-12-19)14-7-4-3-5-8-14/h3-5,7-9,16H,2,6,10-13,18H2,1H3. The van der Waals surface area contributed by atoms with Crippen molar-refractivity contribution in [1.29, 1.82) is 0 Å². The van der Waals surface area contributed by atoms with Crippen LogP contribution in [0, 0.1) is 5.92 Å². The van der Waals surface area contributed by atoms with Crippen molar-refractivity contribution in [3.05, 3.63) is 42.0 Å². The van der Waals surface area contributed by atoms with E-state index in [1.807, 2.05) is 11.0 Å². The lowest BCUT2D eigenvalue weighted by Gasteiger charge is -2.29. The van der Waals surface area contributed by atoms with Crippen LogP contribution in [0.4, 0.5) is 0 Å². The summed E-state index contributed by atoms with van der Waals surface area (Å²) in [5, 5.41) is 0. The number of carbonyl (C=O) groups excluding carboxylic acids is 1. The van der Waals surface area contributed by atoms with Crippen molar-refractivity contribution in [2.24, 2.45) is 11.7 Å². The van der Waals surface area contributed by atoms with E-state index >= 15 is 0 Å². The minimum absolute atomic E-state index is 0.00771. The van der Waals surface area contributed by atoms with Gasteiger partial charge in [0.15, 0.2) is 0 Å². The number of rotatable bonds is 5. The molecule has 0 fully saturated rings. The summed E-state index contributed by atoms with van der Waals surface area (Å²) < 4.78 is 0. The van der Waals surface area contributed by atoms with Crippen molar-refractivity contribution in [3.8, 4) is 0 Å². The van der Waals surface area contributed by atoms with E-state index in [9.17, 15) is 4.79 Å². The summed E-state index contributed by atoms with van der Waals surface area (Å²) in [5.41, 5.74) is 8.33. The molecule has 2 N–H and O–H groups in total. The molecule has 1 amide bonds. The molecule has 0 saturated carbocycles. The Balaban J connectivity index is 1.99. The van der Waals surface area contributed by atoms with Gasteiger partial charge in [0.25, 0.3) is 0 Å². The van der Waals surface area contributed by atoms with Gasteiger partial charge in [-0.05, 0) is 24.0 Å². The van der Waals surface area contributed by atoms with Gasteiger partial charge in [-0.25, -0.2) is 0 Å². The van der Waals surface area contributed by atoms with E-state index in [4.69, 9.17) is 5.73 Å². The molecule has 0 radical (unpaired) electrons. The Kier molecular flexibility index (Phi) is 5.36. The van der Waals surface area contributed by atoms with Crippen molar-refractivity contribution < 1.29 is 4.79 Å². The molecule has 1 aliphatic heterocycles. The Labute approximate surface area is 121 Å². The highest BCUT2D eigenvalue weighted by atomic mass is 16.2. The SMILES string of the molecule is CCCC(CN)C(=O)N1CC=C(c2ccccc2)CC1. The largest absolute Gasteiger partial charge is 0.338 e. The molecule has 1 unspecified atom stereocenters. The molecule has 20 heavy (non-hydrogen) atoms. The van der Waals surface area contributed by atoms with Crippen molar-refractivity contribution >= 4 is 11.5 Å². The zero-order chi connectivity index (χ0) is 14.4. The van der Waals surface area contributed by atoms with E-state index in [0.29, 0.717) is 13.1 Å². The average molecular weight is 272 g/mol. The molecule has 1 heterocycles. The molecule has 0 saturated heterocycles. The Morgan fingerprint density at radius 1 is 1.35 bits per heavy atom. The predicted molar refractivity (Wildman–Crippen MR) is 83.1 cm³/mol. The van der Waals surface area contributed by atoms with Gasteiger partial charge in [0, 0.05) is 19.6 Å². The van der Waals surface area contributed by atoms with Crippen LogP contribution >= 0.6 is 0 Å². The number of amides is 1. The zero-order valence-corrected chi connectivity index (χ0v) is 12.2. The molecule has 1 aromatic carbocycles. The smallest absolute Gasteiger partial charge is 0.227 e. The van der Waals surface area contributed by atoms with Crippen LogP contribution in [-0.4, -0.2) is 30.4 Å². The highest BCUT2D eigenvalue weighted by Gasteiger charge is 2.24. The van der Waals surface area contributed by atoms with Crippen molar-refractivity contribution in [3.63, 3.8) is 0 Å². The quantitative estimate of drug-likeness (QED) is 0.895. The molecule has 1 aromatic rings. The van der Waals surface area contributed by atoms with E-state index in [1.165, 1.54) is 11.1 Å². The van der Waals surface area contributed by atoms with E-state index < -0.39 is 0 Å². The van der Waals surface area contributed by atoms with Gasteiger partial charge in [-0.3, -0.25) is 4.79 Å². The molecule has 0 aliphatic carbocycles. The van der Waals surface area contributed by atoms with Crippen LogP contribution in [-0.2, 0) is 4.79 Å². The third-order valence-corrected chi connectivity index (χ3v) is 3.94. The Morgan fingerprint density at radius 3 is 2.65 bits per heavy atom. The minimum Gasteiger partial charge on any atom is -0.338 e. The molecule has 108 valence electrons. The summed E-state index contributed by atoms with van der Waals surface area (Å²) in [4.78, 5) is 14.3. The number of benzene rings is 1. The fourth-order valence-corrected chi connectivity index (χ4v) is 2.73. The summed E-state index contributed by atoms with van der Waals surface area (Å²) in [6.07, 6.45) is 5.00. The molecular weight excluding hydrogens is 248 g/mol. The van der Waals surface area contributed by atoms with Crippen molar-refractivity contribution in [2.45, 2.75) is 26.2 Å². The van der Waals surface area contributed by atoms with Crippen molar-refractivity contribution in [2.75, 3.05) is 19.6 Å². The highest BCUT2D eigenvalue weighted by Crippen LogP contribution is 2.23. The fourth-order valence-electron chi connectivity index (χ4n) is 2.73. The van der Waals surface area contributed by atoms with E-state index in [1.54, 1.807) is 0 Å². The zero-order valence-electron chi connectivity index (χ0n) is 12.2. The van der Waals surface area contributed by atoms with Crippen LogP contribution in [0.1, 0.15) is 31.7 Å². The Bertz CT molecular complexity index is 467. The first kappa shape index (κ1) is 14.8. The predicted octanol–water partition coefficient (Wildman–Crippen LogP) is 2.68. The van der Waals surface area contributed by atoms with Crippen LogP contribution < -0.4 is 5.73 Å². The monoisotopic (exact) mass is 272 g/mol. The van der Waals surface area contributed by atoms with Crippen molar-refractivity contribution in [1.82, 2.24) is 4.90 Å². The lowest BCUT2D eigenvalue weighted by Crippen LogP contribution is -2.41. The first-order valence-corrected chi connectivity index (χ1v) is 7.49. The second-order valence-electron chi connectivity index (χ2n) is 5.35. The van der Waals surface area contributed by atoms with E-state index in [0.717, 1.165) is 25.8 Å². The maximum Gasteiger partial charge on any atom is 0.227 e. The highest BCUT2D eigenvalue weighted by molar-refractivity contribution is 5.80. The van der Waals surface area contributed by atoms with Gasteiger partial charge >= 0.3 is 0 Å². The maximum absolute atomic E-state index is 12.4. The van der Waals surface area contributed by atoms with Gasteiger partial charge in [0.2, 0.25) is 5.91 Å². The molecule has 1 aliphatic rings. The molecule has 3 heteroatoms. The second-order valence-corrected chi connectivity index (χ2v) is 5.35. The Morgan fingerprint density at radius 2 is 2.10 bits per heavy atom. The van der Waals surface area contributed by atoms with Crippen LogP contribution in [0.5, 0.6) is 0 Å².